The largest absolute Gasteiger partial charge is 0.316 e. The molecule has 21 heavy (non-hydrogen) atoms. The number of hydrogen-bond donors (Lipinski definition) is 1. The van der Waals surface area contributed by atoms with Gasteiger partial charge in [-0.3, -0.25) is 0 Å². The number of benzene rings is 1. The lowest BCUT2D eigenvalue weighted by molar-refractivity contribution is 0.217. The van der Waals surface area contributed by atoms with E-state index in [0.29, 0.717) is 6.04 Å². The minimum absolute atomic E-state index is 0.503. The minimum Gasteiger partial charge on any atom is -0.316 e. The summed E-state index contributed by atoms with van der Waals surface area (Å²) in [6, 6.07) is 6.28. The van der Waals surface area contributed by atoms with E-state index in [4.69, 9.17) is 23.2 Å². The van der Waals surface area contributed by atoms with Crippen LogP contribution in [0.25, 0.3) is 0 Å². The molecule has 1 aromatic rings. The molecule has 0 heterocycles. The normalized spacial score (nSPS) is 24.0. The highest BCUT2D eigenvalue weighted by Gasteiger charge is 2.27. The molecule has 1 saturated carbocycles. The van der Waals surface area contributed by atoms with E-state index in [1.54, 1.807) is 0 Å². The molecule has 1 unspecified atom stereocenters. The smallest absolute Gasteiger partial charge is 0.0439 e. The Labute approximate surface area is 139 Å². The Balaban J connectivity index is 1.96. The Hall–Kier alpha value is -0.240. The van der Waals surface area contributed by atoms with Crippen LogP contribution >= 0.6 is 23.2 Å². The van der Waals surface area contributed by atoms with Gasteiger partial charge in [-0.25, -0.2) is 0 Å². The van der Waals surface area contributed by atoms with Gasteiger partial charge in [0.2, 0.25) is 0 Å². The maximum Gasteiger partial charge on any atom is 0.0439 e. The lowest BCUT2D eigenvalue weighted by Crippen LogP contribution is -2.37. The summed E-state index contributed by atoms with van der Waals surface area (Å²) in [4.78, 5) is 0. The third-order valence-corrected chi connectivity index (χ3v) is 5.58. The second-order valence-corrected chi connectivity index (χ2v) is 7.25. The fraction of sp³-hybridized carbons (Fsp3) is 0.667. The molecule has 1 atom stereocenters. The summed E-state index contributed by atoms with van der Waals surface area (Å²) in [6.45, 7) is 2.30. The SMILES string of the molecule is CCCC1CCC(C(Cc2cc(Cl)ccc2Cl)NC)CC1. The van der Waals surface area contributed by atoms with Gasteiger partial charge in [-0.2, -0.15) is 0 Å². The highest BCUT2D eigenvalue weighted by molar-refractivity contribution is 6.33. The zero-order chi connectivity index (χ0) is 15.2. The third-order valence-electron chi connectivity index (χ3n) is 4.98. The van der Waals surface area contributed by atoms with E-state index in [0.717, 1.165) is 28.3 Å². The van der Waals surface area contributed by atoms with Gasteiger partial charge in [0.25, 0.3) is 0 Å². The van der Waals surface area contributed by atoms with Crippen LogP contribution in [0.2, 0.25) is 10.0 Å². The van der Waals surface area contributed by atoms with E-state index in [2.05, 4.69) is 19.3 Å². The van der Waals surface area contributed by atoms with E-state index >= 15 is 0 Å². The van der Waals surface area contributed by atoms with Gasteiger partial charge < -0.3 is 5.32 Å². The molecule has 0 saturated heterocycles. The quantitative estimate of drug-likeness (QED) is 0.703. The van der Waals surface area contributed by atoms with Gasteiger partial charge in [-0.1, -0.05) is 55.8 Å². The Morgan fingerprint density at radius 2 is 1.90 bits per heavy atom. The van der Waals surface area contributed by atoms with E-state index in [9.17, 15) is 0 Å². The van der Waals surface area contributed by atoms with Crippen molar-refractivity contribution in [3.63, 3.8) is 0 Å². The topological polar surface area (TPSA) is 12.0 Å². The van der Waals surface area contributed by atoms with Crippen molar-refractivity contribution >= 4 is 23.2 Å². The summed E-state index contributed by atoms with van der Waals surface area (Å²) >= 11 is 12.4. The molecule has 0 aromatic heterocycles. The highest BCUT2D eigenvalue weighted by Crippen LogP contribution is 2.34. The molecule has 1 aliphatic carbocycles. The standard InChI is InChI=1S/C18H27Cl2N/c1-3-4-13-5-7-14(8-6-13)18(21-2)12-15-11-16(19)9-10-17(15)20/h9-11,13-14,18,21H,3-8,12H2,1-2H3. The van der Waals surface area contributed by atoms with Crippen molar-refractivity contribution in [1.82, 2.24) is 5.32 Å². The molecule has 1 fully saturated rings. The van der Waals surface area contributed by atoms with Crippen molar-refractivity contribution in [3.05, 3.63) is 33.8 Å². The van der Waals surface area contributed by atoms with Crippen LogP contribution in [0, 0.1) is 11.8 Å². The summed E-state index contributed by atoms with van der Waals surface area (Å²) in [6.07, 6.45) is 9.15. The molecule has 1 aromatic carbocycles. The van der Waals surface area contributed by atoms with Crippen molar-refractivity contribution in [1.29, 1.82) is 0 Å². The van der Waals surface area contributed by atoms with Gasteiger partial charge in [0.05, 0.1) is 0 Å². The zero-order valence-electron chi connectivity index (χ0n) is 13.2. The van der Waals surface area contributed by atoms with Crippen LogP contribution in [0.5, 0.6) is 0 Å². The predicted octanol–water partition coefficient (Wildman–Crippen LogP) is 5.73. The molecular formula is C18H27Cl2N. The van der Waals surface area contributed by atoms with Crippen molar-refractivity contribution < 1.29 is 0 Å². The average molecular weight is 328 g/mol. The van der Waals surface area contributed by atoms with Crippen molar-refractivity contribution in [2.45, 2.75) is 57.9 Å². The molecule has 0 bridgehead atoms. The van der Waals surface area contributed by atoms with Crippen LogP contribution in [0.3, 0.4) is 0 Å². The van der Waals surface area contributed by atoms with E-state index in [1.165, 1.54) is 44.1 Å². The molecule has 1 nitrogen and oxygen atoms in total. The second kappa shape index (κ2) is 8.41. The van der Waals surface area contributed by atoms with Gasteiger partial charge >= 0.3 is 0 Å². The first kappa shape index (κ1) is 17.1. The second-order valence-electron chi connectivity index (χ2n) is 6.40. The Morgan fingerprint density at radius 3 is 2.52 bits per heavy atom. The monoisotopic (exact) mass is 327 g/mol. The fourth-order valence-electron chi connectivity index (χ4n) is 3.73. The Morgan fingerprint density at radius 1 is 1.19 bits per heavy atom. The minimum atomic E-state index is 0.503. The third kappa shape index (κ3) is 4.87. The molecule has 2 rings (SSSR count). The molecule has 3 heteroatoms. The lowest BCUT2D eigenvalue weighted by Gasteiger charge is -2.34. The summed E-state index contributed by atoms with van der Waals surface area (Å²) < 4.78 is 0. The molecule has 1 N–H and O–H groups in total. The summed E-state index contributed by atoms with van der Waals surface area (Å²) in [5.74, 6) is 1.72. The average Bonchev–Trinajstić information content (AvgIpc) is 2.49. The lowest BCUT2D eigenvalue weighted by atomic mass is 9.76. The zero-order valence-corrected chi connectivity index (χ0v) is 14.7. The number of halogens is 2. The number of rotatable bonds is 6. The molecule has 0 spiro atoms. The van der Waals surface area contributed by atoms with Crippen LogP contribution in [-0.4, -0.2) is 13.1 Å². The van der Waals surface area contributed by atoms with Gasteiger partial charge in [0.1, 0.15) is 0 Å². The van der Waals surface area contributed by atoms with Crippen molar-refractivity contribution in [2.75, 3.05) is 7.05 Å². The first-order valence-electron chi connectivity index (χ1n) is 8.25. The molecule has 1 aliphatic rings. The number of likely N-dealkylation sites (N-methyl/N-ethyl adjacent to an activating group) is 1. The van der Waals surface area contributed by atoms with Crippen molar-refractivity contribution in [3.8, 4) is 0 Å². The Kier molecular flexibility index (Phi) is 6.85. The summed E-state index contributed by atoms with van der Waals surface area (Å²) in [7, 11) is 2.07. The van der Waals surface area contributed by atoms with Gasteiger partial charge in [0.15, 0.2) is 0 Å². The van der Waals surface area contributed by atoms with Crippen molar-refractivity contribution in [2.24, 2.45) is 11.8 Å². The number of hydrogen-bond acceptors (Lipinski definition) is 1. The Bertz CT molecular complexity index is 439. The number of nitrogens with one attached hydrogen (secondary N) is 1. The molecule has 0 aliphatic heterocycles. The molecule has 0 amide bonds. The van der Waals surface area contributed by atoms with E-state index < -0.39 is 0 Å². The maximum absolute atomic E-state index is 6.31. The first-order chi connectivity index (χ1) is 10.1. The highest BCUT2D eigenvalue weighted by atomic mass is 35.5. The van der Waals surface area contributed by atoms with Crippen LogP contribution in [0.1, 0.15) is 51.0 Å². The fourth-order valence-corrected chi connectivity index (χ4v) is 4.12. The van der Waals surface area contributed by atoms with Crippen LogP contribution < -0.4 is 5.32 Å². The molecule has 0 radical (unpaired) electrons. The van der Waals surface area contributed by atoms with E-state index in [1.807, 2.05) is 18.2 Å². The maximum atomic E-state index is 6.31. The van der Waals surface area contributed by atoms with E-state index in [-0.39, 0.29) is 0 Å². The predicted molar refractivity (Wildman–Crippen MR) is 93.4 cm³/mol. The first-order valence-corrected chi connectivity index (χ1v) is 9.00. The molecular weight excluding hydrogens is 301 g/mol. The summed E-state index contributed by atoms with van der Waals surface area (Å²) in [5, 5.41) is 5.12. The van der Waals surface area contributed by atoms with Gasteiger partial charge in [0, 0.05) is 16.1 Å². The van der Waals surface area contributed by atoms with Crippen LogP contribution in [0.4, 0.5) is 0 Å². The molecule has 118 valence electrons. The van der Waals surface area contributed by atoms with Gasteiger partial charge in [-0.15, -0.1) is 0 Å². The van der Waals surface area contributed by atoms with Crippen LogP contribution in [-0.2, 0) is 6.42 Å². The van der Waals surface area contributed by atoms with Crippen LogP contribution in [0.15, 0.2) is 18.2 Å². The summed E-state index contributed by atoms with van der Waals surface area (Å²) in [5.41, 5.74) is 1.17. The van der Waals surface area contributed by atoms with Gasteiger partial charge in [-0.05, 0) is 61.9 Å².